The van der Waals surface area contributed by atoms with Crippen molar-refractivity contribution in [3.05, 3.63) is 29.3 Å². The molecule has 102 valence electrons. The highest BCUT2D eigenvalue weighted by Crippen LogP contribution is 2.36. The molecule has 0 unspecified atom stereocenters. The summed E-state index contributed by atoms with van der Waals surface area (Å²) in [6, 6.07) is 5.70. The maximum absolute atomic E-state index is 12.7. The standard InChI is InChI=1S/C16H20O3/c17-15(16(18)9-2-1-3-10-16)13-8-4-6-12-7-5-11-19-14(12)13/h4,6,8,18H,1-3,5,7,9-11H2. The number of fused-ring (bicyclic) bond motifs is 1. The summed E-state index contributed by atoms with van der Waals surface area (Å²) in [5.41, 5.74) is 0.492. The minimum atomic E-state index is -1.17. The summed E-state index contributed by atoms with van der Waals surface area (Å²) in [7, 11) is 0. The Bertz CT molecular complexity index is 487. The van der Waals surface area contributed by atoms with Crippen molar-refractivity contribution in [2.24, 2.45) is 0 Å². The summed E-state index contributed by atoms with van der Waals surface area (Å²) in [6.45, 7) is 0.662. The molecule has 1 aromatic carbocycles. The summed E-state index contributed by atoms with van der Waals surface area (Å²) in [6.07, 6.45) is 6.07. The number of hydrogen-bond donors (Lipinski definition) is 1. The monoisotopic (exact) mass is 260 g/mol. The third-order valence-corrected chi connectivity index (χ3v) is 4.28. The lowest BCUT2D eigenvalue weighted by molar-refractivity contribution is 0.0113. The topological polar surface area (TPSA) is 46.5 Å². The number of ether oxygens (including phenoxy) is 1. The average molecular weight is 260 g/mol. The number of rotatable bonds is 2. The van der Waals surface area contributed by atoms with Crippen LogP contribution in [0.5, 0.6) is 5.75 Å². The van der Waals surface area contributed by atoms with E-state index >= 15 is 0 Å². The van der Waals surface area contributed by atoms with Gasteiger partial charge >= 0.3 is 0 Å². The van der Waals surface area contributed by atoms with E-state index in [4.69, 9.17) is 4.74 Å². The quantitative estimate of drug-likeness (QED) is 0.832. The van der Waals surface area contributed by atoms with Gasteiger partial charge in [0, 0.05) is 0 Å². The molecule has 1 heterocycles. The zero-order valence-corrected chi connectivity index (χ0v) is 11.2. The van der Waals surface area contributed by atoms with Crippen LogP contribution in [0.4, 0.5) is 0 Å². The van der Waals surface area contributed by atoms with Crippen LogP contribution >= 0.6 is 0 Å². The van der Waals surface area contributed by atoms with Crippen molar-refractivity contribution in [2.75, 3.05) is 6.61 Å². The third-order valence-electron chi connectivity index (χ3n) is 4.28. The fourth-order valence-electron chi connectivity index (χ4n) is 3.18. The molecule has 1 aliphatic heterocycles. The number of hydrogen-bond acceptors (Lipinski definition) is 3. The second-order valence-electron chi connectivity index (χ2n) is 5.67. The van der Waals surface area contributed by atoms with Gasteiger partial charge in [-0.05, 0) is 37.3 Å². The molecule has 3 rings (SSSR count). The molecule has 0 aromatic heterocycles. The minimum Gasteiger partial charge on any atom is -0.493 e. The van der Waals surface area contributed by atoms with E-state index in [-0.39, 0.29) is 5.78 Å². The highest BCUT2D eigenvalue weighted by Gasteiger charge is 2.39. The largest absolute Gasteiger partial charge is 0.493 e. The Kier molecular flexibility index (Phi) is 3.31. The Labute approximate surface area is 113 Å². The van der Waals surface area contributed by atoms with Crippen LogP contribution < -0.4 is 4.74 Å². The average Bonchev–Trinajstić information content (AvgIpc) is 2.47. The van der Waals surface area contributed by atoms with Gasteiger partial charge in [-0.15, -0.1) is 0 Å². The number of ketones is 1. The number of benzene rings is 1. The van der Waals surface area contributed by atoms with Crippen molar-refractivity contribution >= 4 is 5.78 Å². The molecule has 3 nitrogen and oxygen atoms in total. The molecule has 0 radical (unpaired) electrons. The van der Waals surface area contributed by atoms with Gasteiger partial charge in [0.15, 0.2) is 5.78 Å². The van der Waals surface area contributed by atoms with E-state index in [0.29, 0.717) is 30.8 Å². The number of para-hydroxylation sites is 1. The summed E-state index contributed by atoms with van der Waals surface area (Å²) < 4.78 is 5.68. The van der Waals surface area contributed by atoms with E-state index in [0.717, 1.165) is 37.7 Å². The van der Waals surface area contributed by atoms with Crippen molar-refractivity contribution in [3.8, 4) is 5.75 Å². The van der Waals surface area contributed by atoms with Crippen molar-refractivity contribution in [1.82, 2.24) is 0 Å². The van der Waals surface area contributed by atoms with Gasteiger partial charge in [-0.1, -0.05) is 31.4 Å². The normalized spacial score (nSPS) is 21.3. The molecule has 0 saturated heterocycles. The van der Waals surface area contributed by atoms with Gasteiger partial charge in [0.2, 0.25) is 0 Å². The van der Waals surface area contributed by atoms with Crippen LogP contribution in [-0.2, 0) is 6.42 Å². The SMILES string of the molecule is O=C(c1cccc2c1OCCC2)C1(O)CCCCC1. The predicted molar refractivity (Wildman–Crippen MR) is 72.6 cm³/mol. The maximum atomic E-state index is 12.7. The van der Waals surface area contributed by atoms with Gasteiger partial charge in [-0.2, -0.15) is 0 Å². The van der Waals surface area contributed by atoms with Crippen LogP contribution in [0.3, 0.4) is 0 Å². The molecule has 2 aliphatic rings. The maximum Gasteiger partial charge on any atom is 0.198 e. The first kappa shape index (κ1) is 12.7. The number of aryl methyl sites for hydroxylation is 1. The molecule has 0 spiro atoms. The van der Waals surface area contributed by atoms with Crippen molar-refractivity contribution in [3.63, 3.8) is 0 Å². The summed E-state index contributed by atoms with van der Waals surface area (Å²) in [5, 5.41) is 10.6. The Hall–Kier alpha value is -1.35. The molecular weight excluding hydrogens is 240 g/mol. The van der Waals surface area contributed by atoms with Crippen molar-refractivity contribution in [1.29, 1.82) is 0 Å². The molecule has 0 bridgehead atoms. The van der Waals surface area contributed by atoms with E-state index < -0.39 is 5.60 Å². The van der Waals surface area contributed by atoms with Gasteiger partial charge in [-0.3, -0.25) is 4.79 Å². The Morgan fingerprint density at radius 3 is 2.74 bits per heavy atom. The van der Waals surface area contributed by atoms with Crippen LogP contribution in [-0.4, -0.2) is 23.1 Å². The van der Waals surface area contributed by atoms with Gasteiger partial charge < -0.3 is 9.84 Å². The van der Waals surface area contributed by atoms with E-state index in [1.54, 1.807) is 6.07 Å². The highest BCUT2D eigenvalue weighted by molar-refractivity contribution is 6.04. The fourth-order valence-corrected chi connectivity index (χ4v) is 3.18. The molecular formula is C16H20O3. The van der Waals surface area contributed by atoms with Gasteiger partial charge in [0.05, 0.1) is 12.2 Å². The first-order chi connectivity index (χ1) is 9.21. The molecule has 1 fully saturated rings. The van der Waals surface area contributed by atoms with Crippen molar-refractivity contribution in [2.45, 2.75) is 50.5 Å². The van der Waals surface area contributed by atoms with Gasteiger partial charge in [0.1, 0.15) is 11.4 Å². The minimum absolute atomic E-state index is 0.147. The van der Waals surface area contributed by atoms with Crippen molar-refractivity contribution < 1.29 is 14.6 Å². The molecule has 1 N–H and O–H groups in total. The zero-order chi connectivity index (χ0) is 13.3. The van der Waals surface area contributed by atoms with E-state index in [9.17, 15) is 9.90 Å². The Morgan fingerprint density at radius 2 is 1.95 bits per heavy atom. The molecule has 19 heavy (non-hydrogen) atoms. The first-order valence-electron chi connectivity index (χ1n) is 7.23. The van der Waals surface area contributed by atoms with Crippen LogP contribution in [0.25, 0.3) is 0 Å². The Morgan fingerprint density at radius 1 is 1.16 bits per heavy atom. The number of Topliss-reactive ketones (excluding diaryl/α,β-unsaturated/α-hetero) is 1. The lowest BCUT2D eigenvalue weighted by Gasteiger charge is -2.31. The van der Waals surface area contributed by atoms with Crippen LogP contribution in [0.2, 0.25) is 0 Å². The zero-order valence-electron chi connectivity index (χ0n) is 11.2. The first-order valence-corrected chi connectivity index (χ1v) is 7.23. The third kappa shape index (κ3) is 2.27. The van der Waals surface area contributed by atoms with Gasteiger partial charge in [-0.25, -0.2) is 0 Å². The number of carbonyl (C=O) groups is 1. The number of aliphatic hydroxyl groups is 1. The summed E-state index contributed by atoms with van der Waals surface area (Å²) in [4.78, 5) is 12.7. The predicted octanol–water partition coefficient (Wildman–Crippen LogP) is 2.89. The van der Waals surface area contributed by atoms with E-state index in [1.807, 2.05) is 12.1 Å². The molecule has 1 saturated carbocycles. The second kappa shape index (κ2) is 4.97. The molecule has 3 heteroatoms. The smallest absolute Gasteiger partial charge is 0.198 e. The van der Waals surface area contributed by atoms with Gasteiger partial charge in [0.25, 0.3) is 0 Å². The van der Waals surface area contributed by atoms with E-state index in [2.05, 4.69) is 0 Å². The second-order valence-corrected chi connectivity index (χ2v) is 5.67. The molecule has 1 aliphatic carbocycles. The van der Waals surface area contributed by atoms with E-state index in [1.165, 1.54) is 0 Å². The van der Waals surface area contributed by atoms with Crippen LogP contribution in [0.1, 0.15) is 54.4 Å². The highest BCUT2D eigenvalue weighted by atomic mass is 16.5. The Balaban J connectivity index is 1.95. The molecule has 0 atom stereocenters. The molecule has 0 amide bonds. The fraction of sp³-hybridized carbons (Fsp3) is 0.562. The molecule has 1 aromatic rings. The van der Waals surface area contributed by atoms with Crippen LogP contribution in [0, 0.1) is 0 Å². The summed E-state index contributed by atoms with van der Waals surface area (Å²) in [5.74, 6) is 0.559. The van der Waals surface area contributed by atoms with Crippen LogP contribution in [0.15, 0.2) is 18.2 Å². The summed E-state index contributed by atoms with van der Waals surface area (Å²) >= 11 is 0. The lowest BCUT2D eigenvalue weighted by atomic mass is 9.79. The lowest BCUT2D eigenvalue weighted by Crippen LogP contribution is -2.40. The number of carbonyl (C=O) groups excluding carboxylic acids is 1.